The molecule has 1 aliphatic rings. The number of amides is 2. The molecule has 2 heterocycles. The van der Waals surface area contributed by atoms with E-state index >= 15 is 0 Å². The summed E-state index contributed by atoms with van der Waals surface area (Å²) in [6.45, 7) is 2.18. The summed E-state index contributed by atoms with van der Waals surface area (Å²) in [5.41, 5.74) is 1.92. The number of aryl methyl sites for hydroxylation is 1. The zero-order valence-electron chi connectivity index (χ0n) is 15.6. The minimum atomic E-state index is 0.0477. The summed E-state index contributed by atoms with van der Waals surface area (Å²) in [5, 5.41) is 3.06. The second-order valence-corrected chi connectivity index (χ2v) is 7.12. The number of benzene rings is 1. The molecule has 0 spiro atoms. The van der Waals surface area contributed by atoms with Crippen LogP contribution in [0.5, 0.6) is 0 Å². The first-order chi connectivity index (χ1) is 13.2. The van der Waals surface area contributed by atoms with Gasteiger partial charge in [0.25, 0.3) is 5.91 Å². The Morgan fingerprint density at radius 1 is 1.07 bits per heavy atom. The Bertz CT molecular complexity index is 726. The number of likely N-dealkylation sites (tertiary alicyclic amines) is 1. The van der Waals surface area contributed by atoms with Gasteiger partial charge in [-0.25, -0.2) is 0 Å². The smallest absolute Gasteiger partial charge is 0.255 e. The predicted molar refractivity (Wildman–Crippen MR) is 105 cm³/mol. The number of nitrogens with one attached hydrogen (secondary N) is 1. The van der Waals surface area contributed by atoms with Gasteiger partial charge in [-0.15, -0.1) is 0 Å². The molecule has 2 aromatic rings. The van der Waals surface area contributed by atoms with E-state index in [0.29, 0.717) is 24.4 Å². The molecule has 0 bridgehead atoms. The third kappa shape index (κ3) is 5.91. The highest BCUT2D eigenvalue weighted by molar-refractivity contribution is 5.93. The highest BCUT2D eigenvalue weighted by Crippen LogP contribution is 2.18. The van der Waals surface area contributed by atoms with Gasteiger partial charge in [-0.3, -0.25) is 14.6 Å². The number of pyridine rings is 1. The standard InChI is InChI=1S/C22H27N3O2/c26-21(10-4-8-18-6-2-1-3-7-18)24-16-19-11-14-25(15-12-19)22(27)20-9-5-13-23-17-20/h1-3,5-7,9,13,17,19H,4,8,10-12,14-16H2,(H,24,26). The van der Waals surface area contributed by atoms with Crippen molar-refractivity contribution < 1.29 is 9.59 Å². The lowest BCUT2D eigenvalue weighted by Gasteiger charge is -2.32. The second kappa shape index (κ2) is 9.86. The topological polar surface area (TPSA) is 62.3 Å². The minimum Gasteiger partial charge on any atom is -0.356 e. The van der Waals surface area contributed by atoms with Crippen LogP contribution in [0.15, 0.2) is 54.9 Å². The van der Waals surface area contributed by atoms with E-state index in [0.717, 1.165) is 38.8 Å². The molecule has 1 N–H and O–H groups in total. The van der Waals surface area contributed by atoms with Crippen molar-refractivity contribution in [3.05, 3.63) is 66.0 Å². The lowest BCUT2D eigenvalue weighted by molar-refractivity contribution is -0.121. The Labute approximate surface area is 160 Å². The predicted octanol–water partition coefficient (Wildman–Crippen LogP) is 3.07. The van der Waals surface area contributed by atoms with Crippen molar-refractivity contribution in [2.75, 3.05) is 19.6 Å². The van der Waals surface area contributed by atoms with Gasteiger partial charge in [-0.2, -0.15) is 0 Å². The van der Waals surface area contributed by atoms with Crippen LogP contribution in [0.2, 0.25) is 0 Å². The van der Waals surface area contributed by atoms with Crippen molar-refractivity contribution in [1.29, 1.82) is 0 Å². The van der Waals surface area contributed by atoms with E-state index in [4.69, 9.17) is 0 Å². The molecule has 2 amide bonds. The van der Waals surface area contributed by atoms with Gasteiger partial charge < -0.3 is 10.2 Å². The van der Waals surface area contributed by atoms with Crippen LogP contribution in [0.4, 0.5) is 0 Å². The van der Waals surface area contributed by atoms with Crippen LogP contribution in [-0.4, -0.2) is 41.3 Å². The highest BCUT2D eigenvalue weighted by atomic mass is 16.2. The van der Waals surface area contributed by atoms with Gasteiger partial charge in [-0.1, -0.05) is 30.3 Å². The van der Waals surface area contributed by atoms with Crippen molar-refractivity contribution in [2.24, 2.45) is 5.92 Å². The van der Waals surface area contributed by atoms with E-state index in [-0.39, 0.29) is 11.8 Å². The Kier molecular flexibility index (Phi) is 6.97. The molecule has 142 valence electrons. The number of carbonyl (C=O) groups is 2. The minimum absolute atomic E-state index is 0.0477. The van der Waals surface area contributed by atoms with Gasteiger partial charge in [0.05, 0.1) is 5.56 Å². The van der Waals surface area contributed by atoms with Crippen LogP contribution in [0.25, 0.3) is 0 Å². The summed E-state index contributed by atoms with van der Waals surface area (Å²) < 4.78 is 0. The quantitative estimate of drug-likeness (QED) is 0.820. The molecule has 1 aromatic carbocycles. The summed E-state index contributed by atoms with van der Waals surface area (Å²) in [6, 6.07) is 13.8. The van der Waals surface area contributed by atoms with Crippen molar-refractivity contribution in [1.82, 2.24) is 15.2 Å². The molecule has 0 atom stereocenters. The normalized spacial score (nSPS) is 14.7. The Morgan fingerprint density at radius 2 is 1.85 bits per heavy atom. The molecule has 1 fully saturated rings. The first-order valence-corrected chi connectivity index (χ1v) is 9.72. The van der Waals surface area contributed by atoms with Crippen molar-refractivity contribution >= 4 is 11.8 Å². The lowest BCUT2D eigenvalue weighted by Crippen LogP contribution is -2.41. The van der Waals surface area contributed by atoms with E-state index in [1.54, 1.807) is 24.5 Å². The summed E-state index contributed by atoms with van der Waals surface area (Å²) in [7, 11) is 0. The number of aromatic nitrogens is 1. The Balaban J connectivity index is 1.32. The van der Waals surface area contributed by atoms with Crippen LogP contribution in [0, 0.1) is 5.92 Å². The van der Waals surface area contributed by atoms with E-state index in [1.165, 1.54) is 5.56 Å². The summed E-state index contributed by atoms with van der Waals surface area (Å²) in [4.78, 5) is 30.4. The van der Waals surface area contributed by atoms with Gasteiger partial charge in [0.1, 0.15) is 0 Å². The molecule has 0 unspecified atom stereocenters. The zero-order chi connectivity index (χ0) is 18.9. The van der Waals surface area contributed by atoms with Gasteiger partial charge in [0.15, 0.2) is 0 Å². The van der Waals surface area contributed by atoms with E-state index in [9.17, 15) is 9.59 Å². The van der Waals surface area contributed by atoms with Gasteiger partial charge >= 0.3 is 0 Å². The third-order valence-electron chi connectivity index (χ3n) is 5.11. The van der Waals surface area contributed by atoms with Crippen molar-refractivity contribution in [3.63, 3.8) is 0 Å². The molecule has 3 rings (SSSR count). The first-order valence-electron chi connectivity index (χ1n) is 9.72. The number of hydrogen-bond acceptors (Lipinski definition) is 3. The highest BCUT2D eigenvalue weighted by Gasteiger charge is 2.23. The molecule has 0 radical (unpaired) electrons. The number of hydrogen-bond donors (Lipinski definition) is 1. The van der Waals surface area contributed by atoms with Crippen molar-refractivity contribution in [2.45, 2.75) is 32.1 Å². The summed E-state index contributed by atoms with van der Waals surface area (Å²) in [6.07, 6.45) is 7.51. The maximum atomic E-state index is 12.4. The maximum Gasteiger partial charge on any atom is 0.255 e. The molecule has 0 aliphatic carbocycles. The van der Waals surface area contributed by atoms with Gasteiger partial charge in [0.2, 0.25) is 5.91 Å². The molecular weight excluding hydrogens is 338 g/mol. The fourth-order valence-electron chi connectivity index (χ4n) is 3.46. The first kappa shape index (κ1) is 19.1. The Morgan fingerprint density at radius 3 is 2.56 bits per heavy atom. The number of carbonyl (C=O) groups excluding carboxylic acids is 2. The van der Waals surface area contributed by atoms with Gasteiger partial charge in [-0.05, 0) is 49.3 Å². The van der Waals surface area contributed by atoms with Gasteiger partial charge in [0, 0.05) is 38.4 Å². The monoisotopic (exact) mass is 365 g/mol. The number of nitrogens with zero attached hydrogens (tertiary/aromatic N) is 2. The average molecular weight is 365 g/mol. The van der Waals surface area contributed by atoms with Crippen LogP contribution in [0.1, 0.15) is 41.6 Å². The number of rotatable bonds is 7. The molecule has 27 heavy (non-hydrogen) atoms. The molecule has 1 aliphatic heterocycles. The largest absolute Gasteiger partial charge is 0.356 e. The molecule has 1 aromatic heterocycles. The summed E-state index contributed by atoms with van der Waals surface area (Å²) >= 11 is 0. The number of piperidine rings is 1. The van der Waals surface area contributed by atoms with Crippen molar-refractivity contribution in [3.8, 4) is 0 Å². The second-order valence-electron chi connectivity index (χ2n) is 7.12. The van der Waals surface area contributed by atoms with Crippen LogP contribution >= 0.6 is 0 Å². The molecular formula is C22H27N3O2. The van der Waals surface area contributed by atoms with Crippen LogP contribution in [0.3, 0.4) is 0 Å². The van der Waals surface area contributed by atoms with Crippen LogP contribution in [-0.2, 0) is 11.2 Å². The third-order valence-corrected chi connectivity index (χ3v) is 5.11. The van der Waals surface area contributed by atoms with E-state index < -0.39 is 0 Å². The zero-order valence-corrected chi connectivity index (χ0v) is 15.6. The average Bonchev–Trinajstić information content (AvgIpc) is 2.73. The maximum absolute atomic E-state index is 12.4. The molecule has 1 saturated heterocycles. The fourth-order valence-corrected chi connectivity index (χ4v) is 3.46. The summed E-state index contributed by atoms with van der Waals surface area (Å²) in [5.74, 6) is 0.618. The molecule has 5 nitrogen and oxygen atoms in total. The Hall–Kier alpha value is -2.69. The lowest BCUT2D eigenvalue weighted by atomic mass is 9.96. The van der Waals surface area contributed by atoms with E-state index in [1.807, 2.05) is 23.1 Å². The van der Waals surface area contributed by atoms with E-state index in [2.05, 4.69) is 22.4 Å². The molecule has 5 heteroatoms. The molecule has 0 saturated carbocycles. The van der Waals surface area contributed by atoms with Crippen LogP contribution < -0.4 is 5.32 Å². The SMILES string of the molecule is O=C(CCCc1ccccc1)NCC1CCN(C(=O)c2cccnc2)CC1. The fraction of sp³-hybridized carbons (Fsp3) is 0.409.